The van der Waals surface area contributed by atoms with E-state index in [1.807, 2.05) is 0 Å². The van der Waals surface area contributed by atoms with E-state index >= 15 is 0 Å². The topological polar surface area (TPSA) is 81.0 Å². The quantitative estimate of drug-likeness (QED) is 0.583. The Morgan fingerprint density at radius 1 is 0.968 bits per heavy atom. The van der Waals surface area contributed by atoms with Gasteiger partial charge in [0.2, 0.25) is 0 Å². The fourth-order valence-corrected chi connectivity index (χ4v) is 3.36. The molecule has 3 aromatic rings. The van der Waals surface area contributed by atoms with E-state index in [0.29, 0.717) is 28.5 Å². The van der Waals surface area contributed by atoms with Crippen molar-refractivity contribution in [2.75, 3.05) is 19.5 Å². The number of amides is 2. The average Bonchev–Trinajstić information content (AvgIpc) is 3.36. The van der Waals surface area contributed by atoms with Crippen LogP contribution < -0.4 is 14.8 Å². The first kappa shape index (κ1) is 20.2. The largest absolute Gasteiger partial charge is 0.493 e. The van der Waals surface area contributed by atoms with Crippen LogP contribution in [0.2, 0.25) is 0 Å². The summed E-state index contributed by atoms with van der Waals surface area (Å²) in [6.45, 7) is -0.0320. The third kappa shape index (κ3) is 3.87. The molecule has 0 radical (unpaired) electrons. The molecule has 0 unspecified atom stereocenters. The van der Waals surface area contributed by atoms with E-state index in [0.717, 1.165) is 4.90 Å². The molecule has 1 aliphatic rings. The summed E-state index contributed by atoms with van der Waals surface area (Å²) in [6, 6.07) is 13.9. The van der Waals surface area contributed by atoms with Crippen LogP contribution in [-0.2, 0) is 16.1 Å². The number of hydrogen-bond donors (Lipinski definition) is 1. The number of imide groups is 1. The number of furan rings is 1. The standard InChI is InChI=1S/C23H19FN2O5/c1-29-18-9-8-14(11-19(18)30-2)20-21(25-16-6-3-5-15(24)12-16)23(28)26(22(20)27)13-17-7-4-10-31-17/h3-12,25H,13H2,1-2H3. The average molecular weight is 422 g/mol. The zero-order valence-electron chi connectivity index (χ0n) is 16.8. The summed E-state index contributed by atoms with van der Waals surface area (Å²) in [4.78, 5) is 27.5. The molecule has 158 valence electrons. The van der Waals surface area contributed by atoms with Crippen molar-refractivity contribution in [2.24, 2.45) is 0 Å². The van der Waals surface area contributed by atoms with Crippen LogP contribution >= 0.6 is 0 Å². The maximum Gasteiger partial charge on any atom is 0.278 e. The van der Waals surface area contributed by atoms with E-state index in [1.54, 1.807) is 36.4 Å². The zero-order chi connectivity index (χ0) is 22.0. The Kier molecular flexibility index (Phi) is 5.44. The first-order valence-corrected chi connectivity index (χ1v) is 9.39. The van der Waals surface area contributed by atoms with Crippen molar-refractivity contribution in [2.45, 2.75) is 6.54 Å². The Bertz CT molecular complexity index is 1170. The second kappa shape index (κ2) is 8.35. The van der Waals surface area contributed by atoms with Gasteiger partial charge in [-0.25, -0.2) is 4.39 Å². The van der Waals surface area contributed by atoms with Gasteiger partial charge < -0.3 is 19.2 Å². The maximum absolute atomic E-state index is 13.7. The predicted octanol–water partition coefficient (Wildman–Crippen LogP) is 3.83. The van der Waals surface area contributed by atoms with Crippen LogP contribution in [0.5, 0.6) is 11.5 Å². The van der Waals surface area contributed by atoms with Crippen LogP contribution in [0.4, 0.5) is 10.1 Å². The summed E-state index contributed by atoms with van der Waals surface area (Å²) in [5.74, 6) is -0.177. The molecule has 0 bridgehead atoms. The highest BCUT2D eigenvalue weighted by Crippen LogP contribution is 2.36. The molecule has 0 saturated carbocycles. The number of nitrogens with zero attached hydrogens (tertiary/aromatic N) is 1. The molecule has 2 amide bonds. The number of ether oxygens (including phenoxy) is 2. The number of halogens is 1. The molecule has 0 atom stereocenters. The number of carbonyl (C=O) groups is 2. The SMILES string of the molecule is COc1ccc(C2=C(Nc3cccc(F)c3)C(=O)N(Cc3ccco3)C2=O)cc1OC. The second-order valence-corrected chi connectivity index (χ2v) is 6.73. The van der Waals surface area contributed by atoms with Gasteiger partial charge >= 0.3 is 0 Å². The van der Waals surface area contributed by atoms with Crippen molar-refractivity contribution in [1.29, 1.82) is 0 Å². The first-order chi connectivity index (χ1) is 15.0. The minimum absolute atomic E-state index is 0.0320. The number of benzene rings is 2. The molecule has 0 spiro atoms. The molecule has 8 heteroatoms. The molecule has 1 N–H and O–H groups in total. The zero-order valence-corrected chi connectivity index (χ0v) is 16.8. The summed E-state index contributed by atoms with van der Waals surface area (Å²) in [5, 5.41) is 2.91. The number of carbonyl (C=O) groups excluding carboxylic acids is 2. The third-order valence-corrected chi connectivity index (χ3v) is 4.83. The van der Waals surface area contributed by atoms with E-state index in [9.17, 15) is 14.0 Å². The minimum atomic E-state index is -0.546. The van der Waals surface area contributed by atoms with Gasteiger partial charge in [0.15, 0.2) is 11.5 Å². The van der Waals surface area contributed by atoms with Gasteiger partial charge in [0.05, 0.1) is 32.6 Å². The molecule has 0 fully saturated rings. The van der Waals surface area contributed by atoms with Crippen LogP contribution in [0.15, 0.2) is 71.0 Å². The summed E-state index contributed by atoms with van der Waals surface area (Å²) >= 11 is 0. The van der Waals surface area contributed by atoms with Gasteiger partial charge in [-0.1, -0.05) is 12.1 Å². The summed E-state index contributed by atoms with van der Waals surface area (Å²) in [7, 11) is 2.98. The Hall–Kier alpha value is -4.07. The minimum Gasteiger partial charge on any atom is -0.493 e. The molecular formula is C23H19FN2O5. The predicted molar refractivity (Wildman–Crippen MR) is 111 cm³/mol. The van der Waals surface area contributed by atoms with E-state index in [4.69, 9.17) is 13.9 Å². The maximum atomic E-state index is 13.7. The summed E-state index contributed by atoms with van der Waals surface area (Å²) < 4.78 is 29.6. The van der Waals surface area contributed by atoms with Crippen molar-refractivity contribution >= 4 is 23.1 Å². The van der Waals surface area contributed by atoms with Gasteiger partial charge in [-0.05, 0) is 48.0 Å². The summed E-state index contributed by atoms with van der Waals surface area (Å²) in [5.41, 5.74) is 0.974. The molecule has 31 heavy (non-hydrogen) atoms. The van der Waals surface area contributed by atoms with Crippen LogP contribution in [0.25, 0.3) is 5.57 Å². The summed E-state index contributed by atoms with van der Waals surface area (Å²) in [6.07, 6.45) is 1.47. The normalized spacial score (nSPS) is 13.7. The van der Waals surface area contributed by atoms with Gasteiger partial charge in [-0.2, -0.15) is 0 Å². The van der Waals surface area contributed by atoms with Crippen LogP contribution in [0, 0.1) is 5.82 Å². The smallest absolute Gasteiger partial charge is 0.278 e. The first-order valence-electron chi connectivity index (χ1n) is 9.39. The van der Waals surface area contributed by atoms with Gasteiger partial charge in [-0.3, -0.25) is 14.5 Å². The van der Waals surface area contributed by atoms with Crippen LogP contribution in [0.1, 0.15) is 11.3 Å². The lowest BCUT2D eigenvalue weighted by molar-refractivity contribution is -0.137. The number of anilines is 1. The van der Waals surface area contributed by atoms with Crippen LogP contribution in [-0.4, -0.2) is 30.9 Å². The Labute approximate surface area is 177 Å². The molecule has 4 rings (SSSR count). The second-order valence-electron chi connectivity index (χ2n) is 6.73. The molecule has 1 aromatic heterocycles. The lowest BCUT2D eigenvalue weighted by Gasteiger charge is -2.14. The van der Waals surface area contributed by atoms with Gasteiger partial charge in [0, 0.05) is 5.69 Å². The fraction of sp³-hybridized carbons (Fsp3) is 0.130. The van der Waals surface area contributed by atoms with E-state index in [1.165, 1.54) is 38.7 Å². The van der Waals surface area contributed by atoms with Crippen molar-refractivity contribution in [3.63, 3.8) is 0 Å². The number of methoxy groups -OCH3 is 2. The number of rotatable bonds is 7. The van der Waals surface area contributed by atoms with Crippen molar-refractivity contribution in [3.05, 3.63) is 83.7 Å². The van der Waals surface area contributed by atoms with Gasteiger partial charge in [0.1, 0.15) is 17.3 Å². The van der Waals surface area contributed by atoms with Crippen molar-refractivity contribution < 1.29 is 27.9 Å². The molecule has 2 heterocycles. The van der Waals surface area contributed by atoms with E-state index in [2.05, 4.69) is 5.32 Å². The van der Waals surface area contributed by atoms with Crippen molar-refractivity contribution in [1.82, 2.24) is 4.90 Å². The molecule has 0 saturated heterocycles. The Morgan fingerprint density at radius 3 is 2.45 bits per heavy atom. The monoisotopic (exact) mass is 422 g/mol. The Balaban J connectivity index is 1.79. The molecule has 7 nitrogen and oxygen atoms in total. The highest BCUT2D eigenvalue weighted by molar-refractivity contribution is 6.36. The van der Waals surface area contributed by atoms with E-state index in [-0.39, 0.29) is 17.8 Å². The fourth-order valence-electron chi connectivity index (χ4n) is 3.36. The third-order valence-electron chi connectivity index (χ3n) is 4.83. The Morgan fingerprint density at radius 2 is 1.77 bits per heavy atom. The highest BCUT2D eigenvalue weighted by atomic mass is 19.1. The molecule has 2 aromatic carbocycles. The van der Waals surface area contributed by atoms with E-state index < -0.39 is 17.6 Å². The van der Waals surface area contributed by atoms with Gasteiger partial charge in [0.25, 0.3) is 11.8 Å². The molecule has 0 aliphatic carbocycles. The van der Waals surface area contributed by atoms with Crippen molar-refractivity contribution in [3.8, 4) is 11.5 Å². The van der Waals surface area contributed by atoms with Gasteiger partial charge in [-0.15, -0.1) is 0 Å². The lowest BCUT2D eigenvalue weighted by atomic mass is 10.0. The lowest BCUT2D eigenvalue weighted by Crippen LogP contribution is -2.31. The molecular weight excluding hydrogens is 403 g/mol. The number of hydrogen-bond acceptors (Lipinski definition) is 6. The number of nitrogens with one attached hydrogen (secondary N) is 1. The van der Waals surface area contributed by atoms with Crippen LogP contribution in [0.3, 0.4) is 0 Å². The molecule has 1 aliphatic heterocycles. The highest BCUT2D eigenvalue weighted by Gasteiger charge is 2.40.